The number of ether oxygens (including phenoxy) is 1. The van der Waals surface area contributed by atoms with Crippen molar-refractivity contribution in [3.8, 4) is 5.75 Å². The molecule has 0 spiro atoms. The normalized spacial score (nSPS) is 11.8. The van der Waals surface area contributed by atoms with Crippen LogP contribution >= 0.6 is 0 Å². The van der Waals surface area contributed by atoms with Crippen molar-refractivity contribution in [1.29, 1.82) is 0 Å². The summed E-state index contributed by atoms with van der Waals surface area (Å²) in [6, 6.07) is 7.42. The fourth-order valence-corrected chi connectivity index (χ4v) is 1.62. The number of aromatic nitrogens is 2. The van der Waals surface area contributed by atoms with Crippen LogP contribution in [-0.2, 0) is 4.79 Å². The Labute approximate surface area is 118 Å². The van der Waals surface area contributed by atoms with Crippen LogP contribution in [0, 0.1) is 13.8 Å². The lowest BCUT2D eigenvalue weighted by Gasteiger charge is -2.14. The summed E-state index contributed by atoms with van der Waals surface area (Å²) in [6.07, 6.45) is 2.51. The first-order valence-electron chi connectivity index (χ1n) is 6.38. The monoisotopic (exact) mass is 271 g/mol. The van der Waals surface area contributed by atoms with Crippen molar-refractivity contribution in [3.63, 3.8) is 0 Å². The SMILES string of the molecule is Cc1ccc(O[C@H](C)C(=O)Nc2ncccn2)cc1C. The summed E-state index contributed by atoms with van der Waals surface area (Å²) in [5, 5.41) is 2.60. The average molecular weight is 271 g/mol. The molecule has 0 saturated heterocycles. The lowest BCUT2D eigenvalue weighted by molar-refractivity contribution is -0.122. The molecule has 1 aromatic carbocycles. The highest BCUT2D eigenvalue weighted by molar-refractivity contribution is 5.92. The number of carbonyl (C=O) groups is 1. The number of hydrogen-bond acceptors (Lipinski definition) is 4. The van der Waals surface area contributed by atoms with Crippen LogP contribution in [0.25, 0.3) is 0 Å². The maximum Gasteiger partial charge on any atom is 0.267 e. The number of rotatable bonds is 4. The van der Waals surface area contributed by atoms with E-state index in [4.69, 9.17) is 4.74 Å². The predicted molar refractivity (Wildman–Crippen MR) is 76.7 cm³/mol. The first-order valence-corrected chi connectivity index (χ1v) is 6.38. The molecule has 20 heavy (non-hydrogen) atoms. The van der Waals surface area contributed by atoms with Crippen LogP contribution in [0.15, 0.2) is 36.7 Å². The third-order valence-electron chi connectivity index (χ3n) is 2.96. The molecule has 2 aromatic rings. The second-order valence-corrected chi connectivity index (χ2v) is 4.57. The number of nitrogens with one attached hydrogen (secondary N) is 1. The van der Waals surface area contributed by atoms with Crippen molar-refractivity contribution in [2.75, 3.05) is 5.32 Å². The van der Waals surface area contributed by atoms with Gasteiger partial charge in [0.2, 0.25) is 5.95 Å². The van der Waals surface area contributed by atoms with E-state index in [1.807, 2.05) is 32.0 Å². The Bertz CT molecular complexity index is 599. The van der Waals surface area contributed by atoms with Gasteiger partial charge in [0.1, 0.15) is 5.75 Å². The van der Waals surface area contributed by atoms with Crippen molar-refractivity contribution in [1.82, 2.24) is 9.97 Å². The van der Waals surface area contributed by atoms with E-state index in [0.717, 1.165) is 5.56 Å². The highest BCUT2D eigenvalue weighted by atomic mass is 16.5. The second kappa shape index (κ2) is 6.14. The third-order valence-corrected chi connectivity index (χ3v) is 2.96. The Morgan fingerprint density at radius 1 is 1.20 bits per heavy atom. The summed E-state index contributed by atoms with van der Waals surface area (Å²) in [6.45, 7) is 5.72. The smallest absolute Gasteiger partial charge is 0.267 e. The fraction of sp³-hybridized carbons (Fsp3) is 0.267. The van der Waals surface area contributed by atoms with E-state index >= 15 is 0 Å². The van der Waals surface area contributed by atoms with Crippen molar-refractivity contribution in [3.05, 3.63) is 47.8 Å². The summed E-state index contributed by atoms with van der Waals surface area (Å²) in [4.78, 5) is 19.8. The second-order valence-electron chi connectivity index (χ2n) is 4.57. The van der Waals surface area contributed by atoms with E-state index in [1.54, 1.807) is 25.4 Å². The Kier molecular flexibility index (Phi) is 4.30. The van der Waals surface area contributed by atoms with Crippen LogP contribution in [0.5, 0.6) is 5.75 Å². The van der Waals surface area contributed by atoms with E-state index in [-0.39, 0.29) is 11.9 Å². The zero-order valence-corrected chi connectivity index (χ0v) is 11.8. The van der Waals surface area contributed by atoms with Crippen LogP contribution < -0.4 is 10.1 Å². The number of aryl methyl sites for hydroxylation is 2. The van der Waals surface area contributed by atoms with E-state index in [9.17, 15) is 4.79 Å². The van der Waals surface area contributed by atoms with Crippen molar-refractivity contribution in [2.24, 2.45) is 0 Å². The van der Waals surface area contributed by atoms with Crippen LogP contribution in [0.3, 0.4) is 0 Å². The molecule has 0 aliphatic rings. The number of nitrogens with zero attached hydrogens (tertiary/aromatic N) is 2. The zero-order valence-electron chi connectivity index (χ0n) is 11.8. The third kappa shape index (κ3) is 3.54. The van der Waals surface area contributed by atoms with Crippen molar-refractivity contribution < 1.29 is 9.53 Å². The molecular formula is C15H17N3O2. The largest absolute Gasteiger partial charge is 0.481 e. The molecule has 0 bridgehead atoms. The number of amides is 1. The number of anilines is 1. The van der Waals surface area contributed by atoms with E-state index in [0.29, 0.717) is 5.75 Å². The molecule has 1 aromatic heterocycles. The van der Waals surface area contributed by atoms with Gasteiger partial charge in [0, 0.05) is 12.4 Å². The summed E-state index contributed by atoms with van der Waals surface area (Å²) in [5.74, 6) is 0.659. The molecule has 0 fully saturated rings. The van der Waals surface area contributed by atoms with Gasteiger partial charge in [-0.15, -0.1) is 0 Å². The first-order chi connectivity index (χ1) is 9.56. The quantitative estimate of drug-likeness (QED) is 0.928. The van der Waals surface area contributed by atoms with Gasteiger partial charge in [-0.1, -0.05) is 6.07 Å². The molecule has 1 heterocycles. The molecule has 1 N–H and O–H groups in total. The zero-order chi connectivity index (χ0) is 14.5. The molecular weight excluding hydrogens is 254 g/mol. The molecule has 104 valence electrons. The molecule has 0 saturated carbocycles. The topological polar surface area (TPSA) is 64.1 Å². The Hall–Kier alpha value is -2.43. The maximum atomic E-state index is 12.0. The molecule has 5 nitrogen and oxygen atoms in total. The highest BCUT2D eigenvalue weighted by Gasteiger charge is 2.15. The summed E-state index contributed by atoms with van der Waals surface area (Å²) in [7, 11) is 0. The van der Waals surface area contributed by atoms with Gasteiger partial charge in [0.05, 0.1) is 0 Å². The van der Waals surface area contributed by atoms with Crippen molar-refractivity contribution in [2.45, 2.75) is 26.9 Å². The number of benzene rings is 1. The van der Waals surface area contributed by atoms with E-state index < -0.39 is 6.10 Å². The van der Waals surface area contributed by atoms with Gasteiger partial charge < -0.3 is 4.74 Å². The number of hydrogen-bond donors (Lipinski definition) is 1. The Morgan fingerprint density at radius 3 is 2.55 bits per heavy atom. The lowest BCUT2D eigenvalue weighted by Crippen LogP contribution is -2.30. The lowest BCUT2D eigenvalue weighted by atomic mass is 10.1. The van der Waals surface area contributed by atoms with Gasteiger partial charge in [-0.05, 0) is 50.1 Å². The van der Waals surface area contributed by atoms with Crippen LogP contribution in [0.1, 0.15) is 18.1 Å². The molecule has 0 unspecified atom stereocenters. The standard InChI is InChI=1S/C15H17N3O2/c1-10-5-6-13(9-11(10)2)20-12(3)14(19)18-15-16-7-4-8-17-15/h4-9,12H,1-3H3,(H,16,17,18,19)/t12-/m1/s1. The van der Waals surface area contributed by atoms with Crippen LogP contribution in [0.2, 0.25) is 0 Å². The molecule has 0 aliphatic heterocycles. The minimum Gasteiger partial charge on any atom is -0.481 e. The van der Waals surface area contributed by atoms with Gasteiger partial charge >= 0.3 is 0 Å². The van der Waals surface area contributed by atoms with Gasteiger partial charge in [0.25, 0.3) is 5.91 Å². The minimum atomic E-state index is -0.624. The molecule has 1 amide bonds. The van der Waals surface area contributed by atoms with Gasteiger partial charge in [-0.2, -0.15) is 0 Å². The fourth-order valence-electron chi connectivity index (χ4n) is 1.62. The maximum absolute atomic E-state index is 12.0. The molecule has 0 radical (unpaired) electrons. The predicted octanol–water partition coefficient (Wildman–Crippen LogP) is 2.50. The molecule has 5 heteroatoms. The average Bonchev–Trinajstić information content (AvgIpc) is 2.44. The van der Waals surface area contributed by atoms with Gasteiger partial charge in [-0.3, -0.25) is 10.1 Å². The van der Waals surface area contributed by atoms with Crippen molar-refractivity contribution >= 4 is 11.9 Å². The summed E-state index contributed by atoms with van der Waals surface area (Å²) >= 11 is 0. The minimum absolute atomic E-state index is 0.271. The molecule has 2 rings (SSSR count). The summed E-state index contributed by atoms with van der Waals surface area (Å²) in [5.41, 5.74) is 2.31. The number of carbonyl (C=O) groups excluding carboxylic acids is 1. The van der Waals surface area contributed by atoms with E-state index in [1.165, 1.54) is 5.56 Å². The first kappa shape index (κ1) is 14.0. The van der Waals surface area contributed by atoms with E-state index in [2.05, 4.69) is 15.3 Å². The van der Waals surface area contributed by atoms with Gasteiger partial charge in [0.15, 0.2) is 6.10 Å². The van der Waals surface area contributed by atoms with Crippen LogP contribution in [0.4, 0.5) is 5.95 Å². The summed E-state index contributed by atoms with van der Waals surface area (Å²) < 4.78 is 5.62. The Balaban J connectivity index is 1.98. The van der Waals surface area contributed by atoms with Crippen LogP contribution in [-0.4, -0.2) is 22.0 Å². The molecule has 0 aliphatic carbocycles. The highest BCUT2D eigenvalue weighted by Crippen LogP contribution is 2.17. The Morgan fingerprint density at radius 2 is 1.90 bits per heavy atom. The van der Waals surface area contributed by atoms with Gasteiger partial charge in [-0.25, -0.2) is 9.97 Å². The molecule has 1 atom stereocenters.